The van der Waals surface area contributed by atoms with Gasteiger partial charge in [-0.05, 0) is 23.8 Å². The van der Waals surface area contributed by atoms with Gasteiger partial charge in [-0.3, -0.25) is 4.79 Å². The topological polar surface area (TPSA) is 88.7 Å². The number of fused-ring (bicyclic) bond motifs is 1. The van der Waals surface area contributed by atoms with Crippen LogP contribution in [0.1, 0.15) is 25.8 Å². The summed E-state index contributed by atoms with van der Waals surface area (Å²) in [6.45, 7) is 4.03. The van der Waals surface area contributed by atoms with Crippen LogP contribution in [0.4, 0.5) is 11.4 Å². The van der Waals surface area contributed by atoms with Gasteiger partial charge in [-0.1, -0.05) is 13.8 Å². The molecule has 0 fully saturated rings. The summed E-state index contributed by atoms with van der Waals surface area (Å²) in [5.74, 6) is 0.0133. The third kappa shape index (κ3) is 2.62. The summed E-state index contributed by atoms with van der Waals surface area (Å²) >= 11 is 0. The number of amides is 1. The summed E-state index contributed by atoms with van der Waals surface area (Å²) < 4.78 is 0. The van der Waals surface area contributed by atoms with Crippen molar-refractivity contribution < 1.29 is 4.79 Å². The fraction of sp³-hybridized carbons (Fsp3) is 0.267. The highest BCUT2D eigenvalue weighted by Crippen LogP contribution is 2.38. The first-order valence-corrected chi connectivity index (χ1v) is 6.17. The van der Waals surface area contributed by atoms with Gasteiger partial charge in [0.05, 0.1) is 0 Å². The molecule has 0 aliphatic carbocycles. The van der Waals surface area contributed by atoms with Crippen LogP contribution in [0, 0.1) is 22.7 Å². The zero-order valence-corrected chi connectivity index (χ0v) is 11.3. The Morgan fingerprint density at radius 3 is 2.75 bits per heavy atom. The second-order valence-corrected chi connectivity index (χ2v) is 5.30. The molecule has 20 heavy (non-hydrogen) atoms. The maximum Gasteiger partial charge on any atom is 0.225 e. The number of hydrogen-bond donors (Lipinski definition) is 2. The molecule has 2 N–H and O–H groups in total. The predicted octanol–water partition coefficient (Wildman–Crippen LogP) is 2.65. The van der Waals surface area contributed by atoms with E-state index < -0.39 is 0 Å². The molecule has 0 radical (unpaired) electrons. The third-order valence-corrected chi connectivity index (χ3v) is 3.25. The van der Waals surface area contributed by atoms with Gasteiger partial charge < -0.3 is 10.6 Å². The van der Waals surface area contributed by atoms with Crippen molar-refractivity contribution in [1.29, 1.82) is 10.5 Å². The van der Waals surface area contributed by atoms with Crippen LogP contribution in [0.3, 0.4) is 0 Å². The Labute approximate surface area is 117 Å². The summed E-state index contributed by atoms with van der Waals surface area (Å²) in [6.07, 6.45) is 1.80. The van der Waals surface area contributed by atoms with E-state index >= 15 is 0 Å². The van der Waals surface area contributed by atoms with E-state index in [1.54, 1.807) is 18.2 Å². The molecular weight excluding hydrogens is 252 g/mol. The average molecular weight is 266 g/mol. The smallest absolute Gasteiger partial charge is 0.225 e. The summed E-state index contributed by atoms with van der Waals surface area (Å²) in [7, 11) is 0. The number of rotatable bonds is 2. The van der Waals surface area contributed by atoms with E-state index in [-0.39, 0.29) is 16.9 Å². The minimum atomic E-state index is -0.244. The number of anilines is 2. The number of nitrogens with zero attached hydrogens (tertiary/aromatic N) is 2. The molecule has 0 spiro atoms. The Hall–Kier alpha value is -2.79. The molecular formula is C15H14N4O. The van der Waals surface area contributed by atoms with Crippen LogP contribution in [-0.2, 0) is 10.2 Å². The first-order valence-electron chi connectivity index (χ1n) is 6.17. The normalized spacial score (nSPS) is 15.1. The van der Waals surface area contributed by atoms with Crippen LogP contribution in [-0.4, -0.2) is 5.91 Å². The van der Waals surface area contributed by atoms with Crippen LogP contribution in [0.25, 0.3) is 0 Å². The van der Waals surface area contributed by atoms with Crippen LogP contribution in [0.5, 0.6) is 0 Å². The predicted molar refractivity (Wildman–Crippen MR) is 75.6 cm³/mol. The van der Waals surface area contributed by atoms with Crippen molar-refractivity contribution >= 4 is 17.3 Å². The maximum atomic E-state index is 11.6. The number of nitrogens with one attached hydrogen (secondary N) is 2. The Morgan fingerprint density at radius 2 is 2.10 bits per heavy atom. The Bertz CT molecular complexity index is 658. The molecule has 0 bridgehead atoms. The zero-order chi connectivity index (χ0) is 14.8. The van der Waals surface area contributed by atoms with Crippen LogP contribution >= 0.6 is 0 Å². The highest BCUT2D eigenvalue weighted by atomic mass is 16.1. The molecule has 100 valence electrons. The van der Waals surface area contributed by atoms with Gasteiger partial charge in [0, 0.05) is 29.4 Å². The summed E-state index contributed by atoms with van der Waals surface area (Å²) in [5.41, 5.74) is 2.38. The highest BCUT2D eigenvalue weighted by molar-refractivity contribution is 5.95. The fourth-order valence-electron chi connectivity index (χ4n) is 2.24. The van der Waals surface area contributed by atoms with Crippen molar-refractivity contribution in [3.05, 3.63) is 35.5 Å². The number of benzene rings is 1. The Kier molecular flexibility index (Phi) is 3.45. The summed E-state index contributed by atoms with van der Waals surface area (Å²) in [4.78, 5) is 11.6. The van der Waals surface area contributed by atoms with E-state index in [2.05, 4.69) is 10.6 Å². The van der Waals surface area contributed by atoms with E-state index in [9.17, 15) is 4.79 Å². The second kappa shape index (κ2) is 5.07. The highest BCUT2D eigenvalue weighted by Gasteiger charge is 2.31. The lowest BCUT2D eigenvalue weighted by atomic mass is 9.78. The number of allylic oxidation sites excluding steroid dienone is 1. The number of carbonyl (C=O) groups excluding carboxylic acids is 1. The first kappa shape index (κ1) is 13.6. The molecule has 1 aliphatic heterocycles. The molecule has 0 saturated carbocycles. The lowest BCUT2D eigenvalue weighted by Crippen LogP contribution is -2.32. The van der Waals surface area contributed by atoms with E-state index in [1.807, 2.05) is 26.0 Å². The average Bonchev–Trinajstić information content (AvgIpc) is 2.39. The van der Waals surface area contributed by atoms with Crippen LogP contribution in [0.2, 0.25) is 0 Å². The summed E-state index contributed by atoms with van der Waals surface area (Å²) in [6, 6.07) is 9.12. The molecule has 0 aromatic heterocycles. The molecule has 0 saturated heterocycles. The number of carbonyl (C=O) groups is 1. The standard InChI is InChI=1S/C15H14N4O/c1-15(2)6-14(20)19-13-4-3-11(5-12(13)15)18-9-10(7-16)8-17/h3-5,9,18H,6H2,1-2H3,(H,19,20). The minimum absolute atomic E-state index is 0.00952. The third-order valence-electron chi connectivity index (χ3n) is 3.25. The van der Waals surface area contributed by atoms with Gasteiger partial charge in [0.1, 0.15) is 17.7 Å². The molecule has 5 heteroatoms. The molecule has 2 rings (SSSR count). The maximum absolute atomic E-state index is 11.6. The largest absolute Gasteiger partial charge is 0.360 e. The van der Waals surface area contributed by atoms with E-state index in [4.69, 9.17) is 10.5 Å². The number of nitriles is 2. The van der Waals surface area contributed by atoms with Crippen molar-refractivity contribution in [2.45, 2.75) is 25.7 Å². The van der Waals surface area contributed by atoms with E-state index in [0.717, 1.165) is 16.9 Å². The monoisotopic (exact) mass is 266 g/mol. The van der Waals surface area contributed by atoms with Gasteiger partial charge in [0.2, 0.25) is 5.91 Å². The zero-order valence-electron chi connectivity index (χ0n) is 11.3. The van der Waals surface area contributed by atoms with Crippen LogP contribution in [0.15, 0.2) is 30.0 Å². The lowest BCUT2D eigenvalue weighted by molar-refractivity contribution is -0.117. The minimum Gasteiger partial charge on any atom is -0.360 e. The van der Waals surface area contributed by atoms with Crippen molar-refractivity contribution in [3.8, 4) is 12.1 Å². The van der Waals surface area contributed by atoms with E-state index in [1.165, 1.54) is 6.20 Å². The fourth-order valence-corrected chi connectivity index (χ4v) is 2.24. The van der Waals surface area contributed by atoms with Gasteiger partial charge >= 0.3 is 0 Å². The van der Waals surface area contributed by atoms with Gasteiger partial charge in [0.25, 0.3) is 0 Å². The van der Waals surface area contributed by atoms with Crippen molar-refractivity contribution in [1.82, 2.24) is 0 Å². The second-order valence-electron chi connectivity index (χ2n) is 5.30. The van der Waals surface area contributed by atoms with Gasteiger partial charge in [-0.2, -0.15) is 10.5 Å². The van der Waals surface area contributed by atoms with Gasteiger partial charge in [0.15, 0.2) is 0 Å². The summed E-state index contributed by atoms with van der Waals surface area (Å²) in [5, 5.41) is 23.1. The van der Waals surface area contributed by atoms with Gasteiger partial charge in [-0.25, -0.2) is 0 Å². The van der Waals surface area contributed by atoms with Gasteiger partial charge in [-0.15, -0.1) is 0 Å². The molecule has 1 aromatic carbocycles. The Balaban J connectivity index is 2.34. The first-order chi connectivity index (χ1) is 9.46. The molecule has 0 atom stereocenters. The number of hydrogen-bond acceptors (Lipinski definition) is 4. The van der Waals surface area contributed by atoms with Crippen molar-refractivity contribution in [3.63, 3.8) is 0 Å². The van der Waals surface area contributed by atoms with Crippen molar-refractivity contribution in [2.75, 3.05) is 10.6 Å². The molecule has 1 heterocycles. The van der Waals surface area contributed by atoms with E-state index in [0.29, 0.717) is 6.42 Å². The Morgan fingerprint density at radius 1 is 1.40 bits per heavy atom. The molecule has 5 nitrogen and oxygen atoms in total. The lowest BCUT2D eigenvalue weighted by Gasteiger charge is -2.32. The SMILES string of the molecule is CC1(C)CC(=O)Nc2ccc(NC=C(C#N)C#N)cc21. The van der Waals surface area contributed by atoms with Crippen molar-refractivity contribution in [2.24, 2.45) is 0 Å². The van der Waals surface area contributed by atoms with Crippen LogP contribution < -0.4 is 10.6 Å². The molecule has 1 aromatic rings. The molecule has 1 aliphatic rings. The molecule has 1 amide bonds. The molecule has 0 unspecified atom stereocenters. The quantitative estimate of drug-likeness (QED) is 0.805.